The first kappa shape index (κ1) is 16.5. The number of aryl methyl sites for hydroxylation is 1. The van der Waals surface area contributed by atoms with Gasteiger partial charge in [0.05, 0.1) is 5.56 Å². The summed E-state index contributed by atoms with van der Waals surface area (Å²) in [5, 5.41) is 0. The fourth-order valence-corrected chi connectivity index (χ4v) is 3.00. The summed E-state index contributed by atoms with van der Waals surface area (Å²) in [6, 6.07) is 8.32. The van der Waals surface area contributed by atoms with Gasteiger partial charge in [0.15, 0.2) is 0 Å². The number of alkyl halides is 3. The molecule has 0 fully saturated rings. The Morgan fingerprint density at radius 1 is 1.17 bits per heavy atom. The Labute approximate surface area is 136 Å². The minimum absolute atomic E-state index is 0.0335. The lowest BCUT2D eigenvalue weighted by Gasteiger charge is -2.35. The average molecular weight is 337 g/mol. The van der Waals surface area contributed by atoms with E-state index in [4.69, 9.17) is 0 Å². The van der Waals surface area contributed by atoms with Crippen molar-refractivity contribution in [3.63, 3.8) is 0 Å². The van der Waals surface area contributed by atoms with Gasteiger partial charge in [0.25, 0.3) is 5.91 Å². The number of hydrogen-bond donors (Lipinski definition) is 0. The van der Waals surface area contributed by atoms with Crippen LogP contribution in [0.25, 0.3) is 0 Å². The molecule has 0 radical (unpaired) electrons. The van der Waals surface area contributed by atoms with Crippen molar-refractivity contribution in [2.75, 3.05) is 4.90 Å². The van der Waals surface area contributed by atoms with Crippen LogP contribution in [-0.2, 0) is 12.6 Å². The monoisotopic (exact) mass is 337 g/mol. The number of amides is 1. The van der Waals surface area contributed by atoms with Crippen LogP contribution in [0.2, 0.25) is 0 Å². The third-order valence-corrected chi connectivity index (χ3v) is 4.23. The fourth-order valence-electron chi connectivity index (χ4n) is 3.00. The molecule has 2 aromatic carbocycles. The zero-order chi connectivity index (χ0) is 17.5. The van der Waals surface area contributed by atoms with Gasteiger partial charge < -0.3 is 4.90 Å². The predicted molar refractivity (Wildman–Crippen MR) is 82.4 cm³/mol. The van der Waals surface area contributed by atoms with E-state index >= 15 is 0 Å². The van der Waals surface area contributed by atoms with Gasteiger partial charge in [-0.15, -0.1) is 0 Å². The van der Waals surface area contributed by atoms with Crippen molar-refractivity contribution in [1.82, 2.24) is 0 Å². The Kier molecular flexibility index (Phi) is 4.07. The zero-order valence-electron chi connectivity index (χ0n) is 12.9. The summed E-state index contributed by atoms with van der Waals surface area (Å²) in [5.41, 5.74) is 0.345. The van der Waals surface area contributed by atoms with Crippen molar-refractivity contribution in [3.8, 4) is 0 Å². The van der Waals surface area contributed by atoms with Gasteiger partial charge in [-0.25, -0.2) is 4.39 Å². The minimum Gasteiger partial charge on any atom is -0.305 e. The van der Waals surface area contributed by atoms with Gasteiger partial charge >= 0.3 is 6.18 Å². The molecule has 0 aliphatic carbocycles. The van der Waals surface area contributed by atoms with Gasteiger partial charge in [-0.1, -0.05) is 6.07 Å². The van der Waals surface area contributed by atoms with Crippen molar-refractivity contribution in [1.29, 1.82) is 0 Å². The predicted octanol–water partition coefficient (Wildman–Crippen LogP) is 4.83. The minimum atomic E-state index is -4.51. The first-order valence-electron chi connectivity index (χ1n) is 7.56. The molecule has 1 aliphatic rings. The smallest absolute Gasteiger partial charge is 0.305 e. The lowest BCUT2D eigenvalue weighted by Crippen LogP contribution is -2.42. The largest absolute Gasteiger partial charge is 0.416 e. The normalized spacial score (nSPS) is 17.5. The highest BCUT2D eigenvalue weighted by Crippen LogP contribution is 2.34. The summed E-state index contributed by atoms with van der Waals surface area (Å²) < 4.78 is 52.0. The standard InChI is InChI=1S/C18H15F4NO/c1-11-5-6-12-10-15(19)7-8-16(12)23(11)17(24)13-3-2-4-14(9-13)18(20,21)22/h2-4,7-11H,5-6H2,1H3/t11-/m0/s1. The van der Waals surface area contributed by atoms with E-state index in [-0.39, 0.29) is 11.6 Å². The highest BCUT2D eigenvalue weighted by molar-refractivity contribution is 6.07. The van der Waals surface area contributed by atoms with Crippen LogP contribution in [0.15, 0.2) is 42.5 Å². The van der Waals surface area contributed by atoms with Crippen LogP contribution in [0.4, 0.5) is 23.2 Å². The van der Waals surface area contributed by atoms with Crippen molar-refractivity contribution >= 4 is 11.6 Å². The second kappa shape index (κ2) is 5.92. The molecule has 1 amide bonds. The Bertz CT molecular complexity index is 785. The van der Waals surface area contributed by atoms with Crippen LogP contribution in [0.3, 0.4) is 0 Å². The van der Waals surface area contributed by atoms with Gasteiger partial charge in [-0.3, -0.25) is 4.79 Å². The van der Waals surface area contributed by atoms with Crippen molar-refractivity contribution in [2.24, 2.45) is 0 Å². The van der Waals surface area contributed by atoms with Gasteiger partial charge in [0.1, 0.15) is 5.82 Å². The summed E-state index contributed by atoms with van der Waals surface area (Å²) in [5.74, 6) is -0.907. The van der Waals surface area contributed by atoms with E-state index in [1.54, 1.807) is 0 Å². The first-order chi connectivity index (χ1) is 11.3. The molecule has 0 N–H and O–H groups in total. The van der Waals surface area contributed by atoms with Crippen LogP contribution in [0.1, 0.15) is 34.8 Å². The lowest BCUT2D eigenvalue weighted by atomic mass is 9.95. The number of carbonyl (C=O) groups is 1. The quantitative estimate of drug-likeness (QED) is 0.683. The van der Waals surface area contributed by atoms with Crippen LogP contribution in [0.5, 0.6) is 0 Å². The van der Waals surface area contributed by atoms with Crippen LogP contribution in [0, 0.1) is 5.82 Å². The molecule has 0 aromatic heterocycles. The molecule has 2 aromatic rings. The third-order valence-electron chi connectivity index (χ3n) is 4.23. The maximum absolute atomic E-state index is 13.4. The van der Waals surface area contributed by atoms with Crippen LogP contribution in [-0.4, -0.2) is 11.9 Å². The summed E-state index contributed by atoms with van der Waals surface area (Å²) >= 11 is 0. The topological polar surface area (TPSA) is 20.3 Å². The van der Waals surface area contributed by atoms with Gasteiger partial charge in [0.2, 0.25) is 0 Å². The molecule has 1 aliphatic heterocycles. The van der Waals surface area contributed by atoms with E-state index in [2.05, 4.69) is 0 Å². The molecular weight excluding hydrogens is 322 g/mol. The van der Waals surface area contributed by atoms with E-state index in [9.17, 15) is 22.4 Å². The molecule has 3 rings (SSSR count). The van der Waals surface area contributed by atoms with E-state index < -0.39 is 23.5 Å². The maximum atomic E-state index is 13.4. The van der Waals surface area contributed by atoms with Gasteiger partial charge in [-0.05, 0) is 61.7 Å². The number of benzene rings is 2. The summed E-state index contributed by atoms with van der Waals surface area (Å²) in [7, 11) is 0. The number of hydrogen-bond acceptors (Lipinski definition) is 1. The first-order valence-corrected chi connectivity index (χ1v) is 7.56. The van der Waals surface area contributed by atoms with Crippen molar-refractivity contribution < 1.29 is 22.4 Å². The van der Waals surface area contributed by atoms with Gasteiger partial charge in [0, 0.05) is 17.3 Å². The summed E-state index contributed by atoms with van der Waals surface area (Å²) in [6.45, 7) is 1.83. The number of fused-ring (bicyclic) bond motifs is 1. The molecule has 0 saturated carbocycles. The molecule has 6 heteroatoms. The Morgan fingerprint density at radius 2 is 1.92 bits per heavy atom. The highest BCUT2D eigenvalue weighted by atomic mass is 19.4. The van der Waals surface area contributed by atoms with Crippen molar-refractivity contribution in [2.45, 2.75) is 32.0 Å². The third kappa shape index (κ3) is 3.00. The molecule has 1 heterocycles. The number of halogens is 4. The summed E-state index contributed by atoms with van der Waals surface area (Å²) in [6.07, 6.45) is -3.26. The number of nitrogens with zero attached hydrogens (tertiary/aromatic N) is 1. The van der Waals surface area contributed by atoms with E-state index in [0.717, 1.165) is 12.1 Å². The maximum Gasteiger partial charge on any atom is 0.416 e. The second-order valence-corrected chi connectivity index (χ2v) is 5.91. The molecule has 0 bridgehead atoms. The van der Waals surface area contributed by atoms with E-state index in [1.807, 2.05) is 6.92 Å². The number of rotatable bonds is 1. The van der Waals surface area contributed by atoms with Crippen LogP contribution >= 0.6 is 0 Å². The molecule has 0 unspecified atom stereocenters. The average Bonchev–Trinajstić information content (AvgIpc) is 2.54. The lowest BCUT2D eigenvalue weighted by molar-refractivity contribution is -0.137. The molecular formula is C18H15F4NO. The highest BCUT2D eigenvalue weighted by Gasteiger charge is 2.33. The fraction of sp³-hybridized carbons (Fsp3) is 0.278. The Balaban J connectivity index is 2.01. The van der Waals surface area contributed by atoms with E-state index in [1.165, 1.54) is 35.2 Å². The molecule has 24 heavy (non-hydrogen) atoms. The van der Waals surface area contributed by atoms with Gasteiger partial charge in [-0.2, -0.15) is 13.2 Å². The molecule has 1 atom stereocenters. The molecule has 2 nitrogen and oxygen atoms in total. The number of carbonyl (C=O) groups excluding carboxylic acids is 1. The molecule has 126 valence electrons. The molecule has 0 saturated heterocycles. The molecule has 0 spiro atoms. The summed E-state index contributed by atoms with van der Waals surface area (Å²) in [4.78, 5) is 14.3. The zero-order valence-corrected chi connectivity index (χ0v) is 12.9. The second-order valence-electron chi connectivity index (χ2n) is 5.91. The number of anilines is 1. The van der Waals surface area contributed by atoms with E-state index in [0.29, 0.717) is 24.1 Å². The Morgan fingerprint density at radius 3 is 2.62 bits per heavy atom. The SMILES string of the molecule is C[C@H]1CCc2cc(F)ccc2N1C(=O)c1cccc(C(F)(F)F)c1. The Hall–Kier alpha value is -2.37. The van der Waals surface area contributed by atoms with Crippen LogP contribution < -0.4 is 4.90 Å². The van der Waals surface area contributed by atoms with Crippen molar-refractivity contribution in [3.05, 3.63) is 65.0 Å².